The number of carboxylic acids is 1. The molecular formula is C47H55F3N14O10. The van der Waals surface area contributed by atoms with Crippen molar-refractivity contribution in [2.24, 2.45) is 5.73 Å². The van der Waals surface area contributed by atoms with Crippen LogP contribution in [-0.2, 0) is 51.0 Å². The number of phenolic OH excluding ortho intramolecular Hbond substituents is 1. The monoisotopic (exact) mass is 1030 g/mol. The lowest BCUT2D eigenvalue weighted by Crippen LogP contribution is -2.58. The molecule has 74 heavy (non-hydrogen) atoms. The number of unbranched alkanes of at least 4 members (excludes halogenated alkanes) is 1. The van der Waals surface area contributed by atoms with E-state index in [1.807, 2.05) is 0 Å². The van der Waals surface area contributed by atoms with Crippen LogP contribution in [0, 0.1) is 5.41 Å². The van der Waals surface area contributed by atoms with Gasteiger partial charge in [0.2, 0.25) is 53.0 Å². The first-order valence-corrected chi connectivity index (χ1v) is 23.2. The average Bonchev–Trinajstić information content (AvgIpc) is 3.35. The van der Waals surface area contributed by atoms with E-state index in [2.05, 4.69) is 62.9 Å². The molecule has 0 spiro atoms. The zero-order chi connectivity index (χ0) is 53.8. The van der Waals surface area contributed by atoms with Crippen molar-refractivity contribution in [3.8, 4) is 28.5 Å². The number of carbonyl (C=O) groups excluding carboxylic acids is 7. The molecular weight excluding hydrogens is 978 g/mol. The molecule has 394 valence electrons. The fourth-order valence-electron chi connectivity index (χ4n) is 7.31. The molecule has 1 aliphatic heterocycles. The van der Waals surface area contributed by atoms with Gasteiger partial charge >= 0.3 is 12.1 Å². The van der Waals surface area contributed by atoms with E-state index < -0.39 is 90.3 Å². The van der Waals surface area contributed by atoms with E-state index in [-0.39, 0.29) is 99.3 Å². The highest BCUT2D eigenvalue weighted by Gasteiger charge is 2.34. The summed E-state index contributed by atoms with van der Waals surface area (Å²) in [5.41, 5.74) is 6.09. The molecule has 0 bridgehead atoms. The second-order valence-electron chi connectivity index (χ2n) is 16.9. The molecule has 3 aromatic carbocycles. The van der Waals surface area contributed by atoms with Gasteiger partial charge in [-0.05, 0) is 80.5 Å². The van der Waals surface area contributed by atoms with Crippen molar-refractivity contribution in [3.63, 3.8) is 0 Å². The number of anilines is 1. The zero-order valence-electron chi connectivity index (χ0n) is 39.6. The van der Waals surface area contributed by atoms with Crippen LogP contribution in [0.25, 0.3) is 22.8 Å². The summed E-state index contributed by atoms with van der Waals surface area (Å²) in [4.78, 5) is 105. The summed E-state index contributed by atoms with van der Waals surface area (Å²) >= 11 is 0. The molecule has 24 nitrogen and oxygen atoms in total. The van der Waals surface area contributed by atoms with Gasteiger partial charge in [-0.15, -0.1) is 20.4 Å². The summed E-state index contributed by atoms with van der Waals surface area (Å²) in [6.07, 6.45) is -4.77. The van der Waals surface area contributed by atoms with E-state index in [1.54, 1.807) is 24.3 Å². The number of rotatable bonds is 20. The fourth-order valence-corrected chi connectivity index (χ4v) is 7.31. The largest absolute Gasteiger partial charge is 0.508 e. The Morgan fingerprint density at radius 1 is 0.676 bits per heavy atom. The number of nitrogens with two attached hydrogens (primary N) is 1. The van der Waals surface area contributed by atoms with Gasteiger partial charge in [0, 0.05) is 49.2 Å². The summed E-state index contributed by atoms with van der Waals surface area (Å²) < 4.78 is 38.8. The minimum absolute atomic E-state index is 0.00983. The number of aromatic nitrogens is 4. The van der Waals surface area contributed by atoms with Crippen LogP contribution in [0.4, 0.5) is 18.9 Å². The Labute approximate surface area is 420 Å². The van der Waals surface area contributed by atoms with Crippen molar-refractivity contribution in [1.82, 2.24) is 57.6 Å². The number of alkyl halides is 3. The van der Waals surface area contributed by atoms with Gasteiger partial charge in [-0.25, -0.2) is 0 Å². The number of nitrogens with zero attached hydrogens (tertiary/aromatic N) is 4. The lowest BCUT2D eigenvalue weighted by atomic mass is 10.0. The number of amides is 7. The highest BCUT2D eigenvalue weighted by Crippen LogP contribution is 2.30. The number of carboxylic acid groups (broad SMARTS) is 1. The van der Waals surface area contributed by atoms with Crippen LogP contribution >= 0.6 is 0 Å². The predicted molar refractivity (Wildman–Crippen MR) is 257 cm³/mol. The molecule has 1 saturated heterocycles. The Morgan fingerprint density at radius 2 is 1.26 bits per heavy atom. The van der Waals surface area contributed by atoms with Crippen molar-refractivity contribution in [3.05, 3.63) is 83.9 Å². The SMILES string of the molecule is N=C(N)NCCC[C@@H]1NC(=O)CNC(=O)[C@H](CC(=O)O)NC(=O)[C@@H](Cc2ccc(O)cc2)NC(=O)[C@H](CCCCNC(=O)CCCC(=O)Nc2cccc(-c3nnc(-c4ccc(C(F)(F)F)cc4)nn3)c2)NC1=O. The van der Waals surface area contributed by atoms with E-state index in [0.717, 1.165) is 12.1 Å². The number of hydrogen-bond acceptors (Lipinski definition) is 14. The second-order valence-corrected chi connectivity index (χ2v) is 16.9. The Balaban J connectivity index is 1.16. The van der Waals surface area contributed by atoms with Crippen molar-refractivity contribution < 1.29 is 61.7 Å². The number of nitrogens with one attached hydrogen (secondary N) is 9. The maximum absolute atomic E-state index is 14.1. The second kappa shape index (κ2) is 27.2. The van der Waals surface area contributed by atoms with Crippen molar-refractivity contribution in [2.75, 3.05) is 25.0 Å². The third-order valence-electron chi connectivity index (χ3n) is 11.1. The zero-order valence-corrected chi connectivity index (χ0v) is 39.6. The smallest absolute Gasteiger partial charge is 0.416 e. The van der Waals surface area contributed by atoms with Crippen molar-refractivity contribution in [1.29, 1.82) is 5.41 Å². The quantitative estimate of drug-likeness (QED) is 0.0330. The molecule has 5 rings (SSSR count). The highest BCUT2D eigenvalue weighted by molar-refractivity contribution is 5.98. The Morgan fingerprint density at radius 3 is 1.91 bits per heavy atom. The lowest BCUT2D eigenvalue weighted by molar-refractivity contribution is -0.141. The van der Waals surface area contributed by atoms with Crippen LogP contribution in [0.5, 0.6) is 5.75 Å². The first-order valence-electron chi connectivity index (χ1n) is 23.2. The van der Waals surface area contributed by atoms with E-state index in [4.69, 9.17) is 11.1 Å². The third-order valence-corrected chi connectivity index (χ3v) is 11.1. The Kier molecular flexibility index (Phi) is 20.6. The maximum Gasteiger partial charge on any atom is 0.416 e. The number of phenols is 1. The Bertz CT molecular complexity index is 2640. The first-order chi connectivity index (χ1) is 35.2. The van der Waals surface area contributed by atoms with E-state index in [0.29, 0.717) is 23.2 Å². The predicted octanol–water partition coefficient (Wildman–Crippen LogP) is 0.770. The molecule has 1 aromatic heterocycles. The van der Waals surface area contributed by atoms with Gasteiger partial charge in [-0.3, -0.25) is 43.8 Å². The number of aliphatic carboxylic acids is 1. The van der Waals surface area contributed by atoms with Crippen LogP contribution in [0.1, 0.15) is 68.9 Å². The van der Waals surface area contributed by atoms with Gasteiger partial charge in [0.15, 0.2) is 5.96 Å². The van der Waals surface area contributed by atoms with Crippen molar-refractivity contribution >= 4 is 59.0 Å². The number of aromatic hydroxyl groups is 1. The summed E-state index contributed by atoms with van der Waals surface area (Å²) in [5.74, 6) is -7.02. The molecule has 4 aromatic rings. The molecule has 2 heterocycles. The number of carbonyl (C=O) groups is 8. The number of benzene rings is 3. The molecule has 13 N–H and O–H groups in total. The summed E-state index contributed by atoms with van der Waals surface area (Å²) in [6.45, 7) is -0.436. The number of guanidine groups is 1. The van der Waals surface area contributed by atoms with Crippen LogP contribution in [0.2, 0.25) is 0 Å². The molecule has 1 aliphatic rings. The van der Waals surface area contributed by atoms with E-state index >= 15 is 0 Å². The van der Waals surface area contributed by atoms with Crippen LogP contribution < -0.4 is 48.3 Å². The van der Waals surface area contributed by atoms with Crippen LogP contribution in [0.3, 0.4) is 0 Å². The normalized spacial score (nSPS) is 17.7. The van der Waals surface area contributed by atoms with Crippen LogP contribution in [0.15, 0.2) is 72.8 Å². The first kappa shape index (κ1) is 56.1. The summed E-state index contributed by atoms with van der Waals surface area (Å²) in [7, 11) is 0. The van der Waals surface area contributed by atoms with Gasteiger partial charge in [0.25, 0.3) is 0 Å². The maximum atomic E-state index is 14.1. The van der Waals surface area contributed by atoms with Gasteiger partial charge in [-0.1, -0.05) is 36.4 Å². The van der Waals surface area contributed by atoms with Gasteiger partial charge in [0.1, 0.15) is 29.9 Å². The summed E-state index contributed by atoms with van der Waals surface area (Å²) in [6, 6.07) is 10.6. The standard InChI is InChI=1S/C47H55F3N14O10/c48-47(49,50)29-16-14-27(15-17-29)40-61-63-41(64-62-40)28-6-3-7-30(23-28)56-37(67)11-4-10-36(66)53-20-2-1-8-33-44(73)59-34(22-26-12-18-31(65)19-13-26)45(74)60-35(24-39(69)70)42(71)55-25-38(68)57-32(43(72)58-33)9-5-21-54-46(51)52/h3,6-7,12-19,23,32-35,65H,1-2,4-5,8-11,20-22,24-25H2,(H,53,66)(H,55,71)(H,56,67)(H,57,68)(H,58,72)(H,59,73)(H,60,74)(H,69,70)(H4,51,52,54)/t32-,33-,34+,35-/m0/s1. The van der Waals surface area contributed by atoms with Gasteiger partial charge < -0.3 is 58.5 Å². The minimum atomic E-state index is -4.50. The fraction of sp³-hybridized carbons (Fsp3) is 0.383. The Hall–Kier alpha value is -8.78. The molecule has 0 radical (unpaired) electrons. The molecule has 7 amide bonds. The number of halogens is 3. The third kappa shape index (κ3) is 18.4. The average molecular weight is 1030 g/mol. The molecule has 0 saturated carbocycles. The highest BCUT2D eigenvalue weighted by atomic mass is 19.4. The summed E-state index contributed by atoms with van der Waals surface area (Å²) in [5, 5.41) is 63.1. The van der Waals surface area contributed by atoms with Gasteiger partial charge in [-0.2, -0.15) is 13.2 Å². The number of hydrogen-bond donors (Lipinski definition) is 12. The van der Waals surface area contributed by atoms with Crippen molar-refractivity contribution in [2.45, 2.75) is 94.6 Å². The van der Waals surface area contributed by atoms with Crippen LogP contribution in [-0.4, -0.2) is 128 Å². The lowest BCUT2D eigenvalue weighted by Gasteiger charge is -2.26. The molecule has 4 atom stereocenters. The van der Waals surface area contributed by atoms with E-state index in [1.165, 1.54) is 36.4 Å². The minimum Gasteiger partial charge on any atom is -0.508 e. The molecule has 0 aliphatic carbocycles. The molecule has 0 unspecified atom stereocenters. The van der Waals surface area contributed by atoms with E-state index in [9.17, 15) is 61.7 Å². The molecule has 27 heteroatoms. The van der Waals surface area contributed by atoms with Gasteiger partial charge in [0.05, 0.1) is 18.5 Å². The topological polar surface area (TPSA) is 375 Å². The molecule has 1 fully saturated rings.